The maximum atomic E-state index is 12.7. The molecule has 0 saturated carbocycles. The maximum absolute atomic E-state index is 12.7. The van der Waals surface area contributed by atoms with Gasteiger partial charge in [-0.3, -0.25) is 14.9 Å². The normalized spacial score (nSPS) is 10.8. The third kappa shape index (κ3) is 3.94. The highest BCUT2D eigenvalue weighted by molar-refractivity contribution is 7.14. The van der Waals surface area contributed by atoms with Gasteiger partial charge in [0.25, 0.3) is 5.91 Å². The van der Waals surface area contributed by atoms with E-state index in [4.69, 9.17) is 0 Å². The number of nitrogens with one attached hydrogen (secondary N) is 1. The second-order valence-corrected chi connectivity index (χ2v) is 8.15. The molecule has 1 amide bonds. The van der Waals surface area contributed by atoms with Crippen LogP contribution in [0.1, 0.15) is 26.3 Å². The average molecular weight is 435 g/mol. The summed E-state index contributed by atoms with van der Waals surface area (Å²) in [5.74, 6) is -0.334. The molecular weight excluding hydrogens is 416 g/mol. The zero-order chi connectivity index (χ0) is 21.9. The Kier molecular flexibility index (Phi) is 5.32. The number of carbonyl (C=O) groups is 2. The van der Waals surface area contributed by atoms with E-state index in [1.807, 2.05) is 47.8 Å². The number of benzene rings is 4. The maximum Gasteiger partial charge on any atom is 0.257 e. The number of rotatable bonds is 5. The summed E-state index contributed by atoms with van der Waals surface area (Å²) in [6, 6.07) is 30.0. The minimum Gasteiger partial charge on any atom is -0.298 e. The molecular formula is C27H18N2O2S. The quantitative estimate of drug-likeness (QED) is 0.324. The third-order valence-corrected chi connectivity index (χ3v) is 5.99. The molecule has 0 bridgehead atoms. The van der Waals surface area contributed by atoms with Crippen molar-refractivity contribution in [1.82, 2.24) is 4.98 Å². The van der Waals surface area contributed by atoms with Gasteiger partial charge in [0, 0.05) is 27.6 Å². The Morgan fingerprint density at radius 3 is 2.16 bits per heavy atom. The lowest BCUT2D eigenvalue weighted by Gasteiger charge is -2.05. The molecule has 5 heteroatoms. The van der Waals surface area contributed by atoms with Crippen LogP contribution in [0, 0.1) is 0 Å². The van der Waals surface area contributed by atoms with E-state index in [1.165, 1.54) is 11.3 Å². The van der Waals surface area contributed by atoms with E-state index in [-0.39, 0.29) is 11.7 Å². The minimum atomic E-state index is -0.262. The van der Waals surface area contributed by atoms with Crippen LogP contribution in [0.3, 0.4) is 0 Å². The Labute approximate surface area is 189 Å². The molecule has 32 heavy (non-hydrogen) atoms. The fourth-order valence-corrected chi connectivity index (χ4v) is 4.31. The highest BCUT2D eigenvalue weighted by Gasteiger charge is 2.13. The van der Waals surface area contributed by atoms with Gasteiger partial charge in [0.15, 0.2) is 10.9 Å². The molecule has 154 valence electrons. The molecule has 0 fully saturated rings. The highest BCUT2D eigenvalue weighted by Crippen LogP contribution is 2.31. The average Bonchev–Trinajstić information content (AvgIpc) is 3.32. The Hall–Kier alpha value is -4.09. The number of hydrogen-bond donors (Lipinski definition) is 1. The zero-order valence-electron chi connectivity index (χ0n) is 17.0. The monoisotopic (exact) mass is 434 g/mol. The number of fused-ring (bicyclic) bond motifs is 1. The number of amides is 1. The minimum absolute atomic E-state index is 0.0720. The van der Waals surface area contributed by atoms with Crippen molar-refractivity contribution in [3.63, 3.8) is 0 Å². The lowest BCUT2D eigenvalue weighted by Crippen LogP contribution is -2.12. The first-order valence-electron chi connectivity index (χ1n) is 10.1. The molecule has 5 aromatic rings. The first-order chi connectivity index (χ1) is 15.7. The molecule has 0 spiro atoms. The van der Waals surface area contributed by atoms with E-state index >= 15 is 0 Å². The number of nitrogens with zero attached hydrogens (tertiary/aromatic N) is 1. The molecule has 0 saturated heterocycles. The second kappa shape index (κ2) is 8.57. The summed E-state index contributed by atoms with van der Waals surface area (Å²) in [5, 5.41) is 7.60. The predicted octanol–water partition coefficient (Wildman–Crippen LogP) is 6.45. The van der Waals surface area contributed by atoms with Crippen LogP contribution >= 0.6 is 11.3 Å². The summed E-state index contributed by atoms with van der Waals surface area (Å²) in [6.45, 7) is 0. The first-order valence-corrected chi connectivity index (χ1v) is 11.0. The number of thiazole rings is 1. The first kappa shape index (κ1) is 19.8. The number of hydrogen-bond acceptors (Lipinski definition) is 4. The van der Waals surface area contributed by atoms with E-state index in [1.54, 1.807) is 36.4 Å². The molecule has 4 aromatic carbocycles. The van der Waals surface area contributed by atoms with Gasteiger partial charge in [-0.05, 0) is 22.9 Å². The number of carbonyl (C=O) groups excluding carboxylic acids is 2. The number of aromatic nitrogens is 1. The van der Waals surface area contributed by atoms with Crippen LogP contribution in [-0.4, -0.2) is 16.7 Å². The molecule has 0 unspecified atom stereocenters. The van der Waals surface area contributed by atoms with Crippen LogP contribution in [-0.2, 0) is 0 Å². The van der Waals surface area contributed by atoms with Crippen molar-refractivity contribution in [3.05, 3.63) is 119 Å². The van der Waals surface area contributed by atoms with Crippen molar-refractivity contribution in [1.29, 1.82) is 0 Å². The van der Waals surface area contributed by atoms with Gasteiger partial charge >= 0.3 is 0 Å². The summed E-state index contributed by atoms with van der Waals surface area (Å²) in [5.41, 5.74) is 3.49. The van der Waals surface area contributed by atoms with E-state index in [0.29, 0.717) is 21.8 Å². The molecule has 5 rings (SSSR count). The van der Waals surface area contributed by atoms with E-state index in [9.17, 15) is 9.59 Å². The van der Waals surface area contributed by atoms with Crippen molar-refractivity contribution >= 4 is 38.9 Å². The van der Waals surface area contributed by atoms with E-state index in [0.717, 1.165) is 22.0 Å². The summed E-state index contributed by atoms with van der Waals surface area (Å²) >= 11 is 1.38. The van der Waals surface area contributed by atoms with Gasteiger partial charge in [0.2, 0.25) is 0 Å². The third-order valence-electron chi connectivity index (χ3n) is 5.24. The Morgan fingerprint density at radius 2 is 1.34 bits per heavy atom. The van der Waals surface area contributed by atoms with Gasteiger partial charge in [-0.25, -0.2) is 4.98 Å². The molecule has 1 N–H and O–H groups in total. The van der Waals surface area contributed by atoms with Crippen molar-refractivity contribution in [2.45, 2.75) is 0 Å². The van der Waals surface area contributed by atoms with E-state index in [2.05, 4.69) is 28.5 Å². The topological polar surface area (TPSA) is 59.1 Å². The molecule has 0 aliphatic rings. The highest BCUT2D eigenvalue weighted by atomic mass is 32.1. The summed E-state index contributed by atoms with van der Waals surface area (Å²) in [6.07, 6.45) is 0. The van der Waals surface area contributed by atoms with Gasteiger partial charge in [-0.2, -0.15) is 0 Å². The molecule has 0 atom stereocenters. The molecule has 0 radical (unpaired) electrons. The summed E-state index contributed by atoms with van der Waals surface area (Å²) in [7, 11) is 0. The summed E-state index contributed by atoms with van der Waals surface area (Å²) < 4.78 is 0. The number of anilines is 1. The molecule has 1 heterocycles. The van der Waals surface area contributed by atoms with Crippen molar-refractivity contribution in [2.24, 2.45) is 0 Å². The van der Waals surface area contributed by atoms with Crippen LogP contribution in [0.25, 0.3) is 22.0 Å². The zero-order valence-corrected chi connectivity index (χ0v) is 17.8. The fraction of sp³-hybridized carbons (Fsp3) is 0. The standard InChI is InChI=1S/C27H18N2O2S/c30-25(19-8-2-1-3-9-19)20-13-15-21(16-14-20)26(31)29-27-28-24(17-32-27)23-12-6-10-18-7-4-5-11-22(18)23/h1-17H,(H,28,29,31). The number of ketones is 1. The molecule has 0 aliphatic carbocycles. The smallest absolute Gasteiger partial charge is 0.257 e. The Bertz CT molecular complexity index is 1420. The lowest BCUT2D eigenvalue weighted by molar-refractivity contribution is 0.102. The molecule has 1 aromatic heterocycles. The van der Waals surface area contributed by atoms with Gasteiger partial charge in [0.05, 0.1) is 5.69 Å². The van der Waals surface area contributed by atoms with Crippen molar-refractivity contribution in [2.75, 3.05) is 5.32 Å². The van der Waals surface area contributed by atoms with E-state index < -0.39 is 0 Å². The van der Waals surface area contributed by atoms with Gasteiger partial charge in [-0.1, -0.05) is 84.9 Å². The van der Waals surface area contributed by atoms with Crippen LogP contribution < -0.4 is 5.32 Å². The van der Waals surface area contributed by atoms with Crippen molar-refractivity contribution < 1.29 is 9.59 Å². The van der Waals surface area contributed by atoms with Crippen LogP contribution in [0.2, 0.25) is 0 Å². The fourth-order valence-electron chi connectivity index (χ4n) is 3.60. The predicted molar refractivity (Wildman–Crippen MR) is 129 cm³/mol. The largest absolute Gasteiger partial charge is 0.298 e. The van der Waals surface area contributed by atoms with Gasteiger partial charge in [-0.15, -0.1) is 11.3 Å². The Morgan fingerprint density at radius 1 is 0.688 bits per heavy atom. The molecule has 0 aliphatic heterocycles. The summed E-state index contributed by atoms with van der Waals surface area (Å²) in [4.78, 5) is 29.8. The Balaban J connectivity index is 1.33. The molecule has 4 nitrogen and oxygen atoms in total. The van der Waals surface area contributed by atoms with Gasteiger partial charge < -0.3 is 0 Å². The SMILES string of the molecule is O=C(Nc1nc(-c2cccc3ccccc23)cs1)c1ccc(C(=O)c2ccccc2)cc1. The second-order valence-electron chi connectivity index (χ2n) is 7.29. The van der Waals surface area contributed by atoms with Crippen molar-refractivity contribution in [3.8, 4) is 11.3 Å². The van der Waals surface area contributed by atoms with Crippen LogP contribution in [0.5, 0.6) is 0 Å². The van der Waals surface area contributed by atoms with Crippen LogP contribution in [0.15, 0.2) is 102 Å². The lowest BCUT2D eigenvalue weighted by atomic mass is 10.0. The van der Waals surface area contributed by atoms with Crippen LogP contribution in [0.4, 0.5) is 5.13 Å². The van der Waals surface area contributed by atoms with Gasteiger partial charge in [0.1, 0.15) is 0 Å².